The number of hydrogen-bond acceptors (Lipinski definition) is 1. The van der Waals surface area contributed by atoms with Crippen molar-refractivity contribution in [3.8, 4) is 0 Å². The molecule has 0 unspecified atom stereocenters. The third-order valence-corrected chi connectivity index (χ3v) is 14.0. The molecule has 0 aliphatic carbocycles. The number of amides is 1. The van der Waals surface area contributed by atoms with Gasteiger partial charge in [-0.15, -0.1) is 0 Å². The van der Waals surface area contributed by atoms with Crippen LogP contribution in [-0.4, -0.2) is 5.91 Å². The van der Waals surface area contributed by atoms with E-state index in [2.05, 4.69) is 90.2 Å². The average molecular weight is 522 g/mol. The number of carbonyl (C=O) groups is 1. The maximum absolute atomic E-state index is 12.6. The van der Waals surface area contributed by atoms with Crippen molar-refractivity contribution < 1.29 is 4.79 Å². The summed E-state index contributed by atoms with van der Waals surface area (Å²) in [5.74, 6) is -3.43. The monoisotopic (exact) mass is 521 g/mol. The van der Waals surface area contributed by atoms with Gasteiger partial charge in [0, 0.05) is 0 Å². The van der Waals surface area contributed by atoms with Crippen LogP contribution in [0.5, 0.6) is 0 Å². The Morgan fingerprint density at radius 2 is 0.946 bits per heavy atom. The molecule has 2 nitrogen and oxygen atoms in total. The van der Waals surface area contributed by atoms with E-state index in [-0.39, 0.29) is 5.91 Å². The van der Waals surface area contributed by atoms with Gasteiger partial charge in [0.05, 0.1) is 0 Å². The molecular formula is C33H29ClNOP. The molecule has 0 aliphatic heterocycles. The first-order chi connectivity index (χ1) is 18.1. The number of benzene rings is 5. The van der Waals surface area contributed by atoms with E-state index in [1.165, 1.54) is 0 Å². The Morgan fingerprint density at radius 1 is 0.541 bits per heavy atom. The van der Waals surface area contributed by atoms with Gasteiger partial charge in [0.15, 0.2) is 0 Å². The van der Waals surface area contributed by atoms with Crippen LogP contribution in [0.2, 0.25) is 0 Å². The Bertz CT molecular complexity index is 1360. The van der Waals surface area contributed by atoms with Gasteiger partial charge in [-0.3, -0.25) is 0 Å². The Hall–Kier alpha value is -3.71. The normalized spacial score (nSPS) is 12.3. The summed E-state index contributed by atoms with van der Waals surface area (Å²) in [7, 11) is 0. The van der Waals surface area contributed by atoms with Gasteiger partial charge in [0.2, 0.25) is 0 Å². The molecule has 184 valence electrons. The zero-order valence-corrected chi connectivity index (χ0v) is 22.2. The van der Waals surface area contributed by atoms with E-state index < -0.39 is 5.96 Å². The predicted molar refractivity (Wildman–Crippen MR) is 160 cm³/mol. The van der Waals surface area contributed by atoms with Crippen molar-refractivity contribution in [3.05, 3.63) is 157 Å². The van der Waals surface area contributed by atoms with Gasteiger partial charge in [-0.25, -0.2) is 0 Å². The van der Waals surface area contributed by atoms with E-state index >= 15 is 0 Å². The van der Waals surface area contributed by atoms with Crippen LogP contribution in [0.15, 0.2) is 146 Å². The van der Waals surface area contributed by atoms with Crippen LogP contribution in [-0.2, 0) is 17.4 Å². The number of carbonyl (C=O) groups excluding carboxylic acids is 1. The quantitative estimate of drug-likeness (QED) is 0.218. The summed E-state index contributed by atoms with van der Waals surface area (Å²) in [6, 6.07) is 49.3. The van der Waals surface area contributed by atoms with Gasteiger partial charge in [-0.2, -0.15) is 0 Å². The first-order valence-corrected chi connectivity index (χ1v) is 15.7. The predicted octanol–water partition coefficient (Wildman–Crippen LogP) is 7.05. The first kappa shape index (κ1) is 25.0. The molecule has 5 aromatic carbocycles. The SMILES string of the molecule is O=C(Cc1ccccc1)Nc1ccc(CP(Cl)(c2ccccc2)(c2ccccc2)c2ccccc2)cc1. The summed E-state index contributed by atoms with van der Waals surface area (Å²) in [6.45, 7) is 0. The summed E-state index contributed by atoms with van der Waals surface area (Å²) in [6.07, 6.45) is 1.00. The Morgan fingerprint density at radius 3 is 1.38 bits per heavy atom. The van der Waals surface area contributed by atoms with Gasteiger partial charge in [-0.1, -0.05) is 0 Å². The summed E-state index contributed by atoms with van der Waals surface area (Å²) in [5, 5.41) is 6.42. The molecule has 5 rings (SSSR count). The molecule has 0 aromatic heterocycles. The molecule has 0 bridgehead atoms. The van der Waals surface area contributed by atoms with Crippen molar-refractivity contribution in [2.75, 3.05) is 5.32 Å². The fourth-order valence-corrected chi connectivity index (χ4v) is 11.1. The molecule has 5 aromatic rings. The van der Waals surface area contributed by atoms with Gasteiger partial charge in [0.25, 0.3) is 0 Å². The van der Waals surface area contributed by atoms with Crippen LogP contribution < -0.4 is 21.2 Å². The fraction of sp³-hybridized carbons (Fsp3) is 0.0606. The van der Waals surface area contributed by atoms with E-state index in [9.17, 15) is 4.79 Å². The molecule has 0 radical (unpaired) electrons. The number of rotatable bonds is 8. The number of halogens is 1. The van der Waals surface area contributed by atoms with Crippen LogP contribution in [0, 0.1) is 0 Å². The van der Waals surface area contributed by atoms with Crippen molar-refractivity contribution in [1.29, 1.82) is 0 Å². The van der Waals surface area contributed by atoms with Crippen molar-refractivity contribution >= 4 is 44.7 Å². The van der Waals surface area contributed by atoms with Crippen molar-refractivity contribution in [2.24, 2.45) is 0 Å². The van der Waals surface area contributed by atoms with Crippen molar-refractivity contribution in [3.63, 3.8) is 0 Å². The van der Waals surface area contributed by atoms with Crippen LogP contribution >= 0.6 is 17.2 Å². The molecule has 0 saturated heterocycles. The Kier molecular flexibility index (Phi) is 7.24. The van der Waals surface area contributed by atoms with E-state index in [1.54, 1.807) is 0 Å². The Balaban J connectivity index is 1.52. The van der Waals surface area contributed by atoms with Crippen LogP contribution in [0.4, 0.5) is 5.69 Å². The average Bonchev–Trinajstić information content (AvgIpc) is 2.96. The van der Waals surface area contributed by atoms with Gasteiger partial charge < -0.3 is 0 Å². The van der Waals surface area contributed by atoms with Gasteiger partial charge in [-0.05, 0) is 0 Å². The zero-order chi connectivity index (χ0) is 25.6. The van der Waals surface area contributed by atoms with Crippen LogP contribution in [0.3, 0.4) is 0 Å². The fourth-order valence-electron chi connectivity index (χ4n) is 4.96. The van der Waals surface area contributed by atoms with E-state index in [4.69, 9.17) is 11.2 Å². The van der Waals surface area contributed by atoms with E-state index in [0.717, 1.165) is 32.7 Å². The molecule has 0 spiro atoms. The van der Waals surface area contributed by atoms with Crippen LogP contribution in [0.25, 0.3) is 0 Å². The molecule has 37 heavy (non-hydrogen) atoms. The molecule has 0 saturated carbocycles. The number of hydrogen-bond donors (Lipinski definition) is 1. The van der Waals surface area contributed by atoms with Gasteiger partial charge in [0.1, 0.15) is 0 Å². The summed E-state index contributed by atoms with van der Waals surface area (Å²) < 4.78 is 0. The maximum atomic E-state index is 12.6. The summed E-state index contributed by atoms with van der Waals surface area (Å²) in [4.78, 5) is 12.6. The molecule has 0 aliphatic rings. The zero-order valence-electron chi connectivity index (χ0n) is 20.5. The standard InChI is InChI=1S/C33H29ClNOP/c34-37(30-15-7-2-8-16-30,31-17-9-3-10-18-31,32-19-11-4-12-20-32)26-28-21-23-29(24-22-28)35-33(36)25-27-13-5-1-6-14-27/h1-24H,25-26H2,(H,35,36). The molecule has 0 atom stereocenters. The van der Waals surface area contributed by atoms with Crippen molar-refractivity contribution in [2.45, 2.75) is 12.6 Å². The molecule has 0 fully saturated rings. The molecule has 0 heterocycles. The van der Waals surface area contributed by atoms with Crippen LogP contribution in [0.1, 0.15) is 11.1 Å². The first-order valence-electron chi connectivity index (χ1n) is 12.4. The second-order valence-electron chi connectivity index (χ2n) is 9.26. The molecule has 4 heteroatoms. The van der Waals surface area contributed by atoms with Gasteiger partial charge >= 0.3 is 224 Å². The van der Waals surface area contributed by atoms with E-state index in [1.807, 2.05) is 60.7 Å². The third-order valence-electron chi connectivity index (χ3n) is 6.81. The second kappa shape index (κ2) is 10.7. The Labute approximate surface area is 223 Å². The minimum atomic E-state index is -3.40. The summed E-state index contributed by atoms with van der Waals surface area (Å²) >= 11 is 8.18. The number of nitrogens with one attached hydrogen (secondary N) is 1. The summed E-state index contributed by atoms with van der Waals surface area (Å²) in [5.41, 5.74) is 2.88. The number of anilines is 1. The van der Waals surface area contributed by atoms with Crippen molar-refractivity contribution in [1.82, 2.24) is 0 Å². The van der Waals surface area contributed by atoms with E-state index in [0.29, 0.717) is 12.6 Å². The third kappa shape index (κ3) is 5.09. The molecular weight excluding hydrogens is 493 g/mol. The topological polar surface area (TPSA) is 29.1 Å². The second-order valence-corrected chi connectivity index (χ2v) is 15.7. The molecule has 1 amide bonds. The molecule has 1 N–H and O–H groups in total. The minimum absolute atomic E-state index is 0.0335.